The molecule has 0 aromatic heterocycles. The molecule has 1 atom stereocenters. The quantitative estimate of drug-likeness (QED) is 0.205. The highest BCUT2D eigenvalue weighted by Gasteiger charge is 2.33. The zero-order valence-electron chi connectivity index (χ0n) is 13.2. The lowest BCUT2D eigenvalue weighted by molar-refractivity contribution is 0.111. The Bertz CT molecular complexity index is 322. The maximum Gasteiger partial charge on any atom is 0.185 e. The van der Waals surface area contributed by atoms with Gasteiger partial charge in [-0.15, -0.1) is 5.92 Å². The maximum absolute atomic E-state index is 6.46. The summed E-state index contributed by atoms with van der Waals surface area (Å²) in [5.74, 6) is 6.46. The van der Waals surface area contributed by atoms with E-state index in [9.17, 15) is 0 Å². The Morgan fingerprint density at radius 1 is 1.21 bits per heavy atom. The minimum absolute atomic E-state index is 0.255. The lowest BCUT2D eigenvalue weighted by Gasteiger charge is -2.35. The normalized spacial score (nSPS) is 15.1. The largest absolute Gasteiger partial charge is 0.401 e. The zero-order valence-corrected chi connectivity index (χ0v) is 16.3. The highest BCUT2D eigenvalue weighted by atomic mass is 127. The Hall–Kier alpha value is 0.207. The van der Waals surface area contributed by atoms with Crippen molar-refractivity contribution in [3.63, 3.8) is 0 Å². The van der Waals surface area contributed by atoms with E-state index < -0.39 is 8.32 Å². The number of hydrogen-bond donors (Lipinski definition) is 0. The lowest BCUT2D eigenvalue weighted by Crippen LogP contribution is -2.41. The van der Waals surface area contributed by atoms with Gasteiger partial charge in [-0.25, -0.2) is 0 Å². The fourth-order valence-corrected chi connectivity index (χ4v) is 3.88. The van der Waals surface area contributed by atoms with Crippen LogP contribution in [0.2, 0.25) is 19.6 Å². The first-order chi connectivity index (χ1) is 8.89. The summed E-state index contributed by atoms with van der Waals surface area (Å²) in [6.45, 7) is 10.9. The molecule has 110 valence electrons. The van der Waals surface area contributed by atoms with Crippen LogP contribution in [0, 0.1) is 11.8 Å². The highest BCUT2D eigenvalue weighted by molar-refractivity contribution is 14.1. The molecule has 19 heavy (non-hydrogen) atoms. The van der Waals surface area contributed by atoms with Gasteiger partial charge in [-0.1, -0.05) is 60.8 Å². The second-order valence-electron chi connectivity index (χ2n) is 5.96. The Labute approximate surface area is 134 Å². The summed E-state index contributed by atoms with van der Waals surface area (Å²) >= 11 is 2.27. The summed E-state index contributed by atoms with van der Waals surface area (Å²) in [5.41, 5.74) is -0.255. The average molecular weight is 392 g/mol. The predicted octanol–water partition coefficient (Wildman–Crippen LogP) is 5.91. The van der Waals surface area contributed by atoms with E-state index in [1.807, 2.05) is 6.92 Å². The van der Waals surface area contributed by atoms with Crippen LogP contribution in [-0.2, 0) is 4.43 Å². The van der Waals surface area contributed by atoms with Crippen molar-refractivity contribution in [1.29, 1.82) is 0 Å². The first-order valence-corrected chi connectivity index (χ1v) is 11.9. The van der Waals surface area contributed by atoms with Crippen LogP contribution in [-0.4, -0.2) is 13.9 Å². The molecule has 0 bridgehead atoms. The molecule has 0 saturated heterocycles. The van der Waals surface area contributed by atoms with E-state index in [1.165, 1.54) is 25.7 Å². The van der Waals surface area contributed by atoms with Gasteiger partial charge in [-0.05, 0) is 43.5 Å². The van der Waals surface area contributed by atoms with Crippen molar-refractivity contribution < 1.29 is 4.43 Å². The van der Waals surface area contributed by atoms with Crippen LogP contribution < -0.4 is 0 Å². The molecule has 1 nitrogen and oxygen atoms in total. The van der Waals surface area contributed by atoms with Gasteiger partial charge in [-0.2, -0.15) is 0 Å². The summed E-state index contributed by atoms with van der Waals surface area (Å²) in [6.07, 6.45) is 9.23. The van der Waals surface area contributed by atoms with Gasteiger partial charge in [-0.3, -0.25) is 0 Å². The molecule has 0 spiro atoms. The fraction of sp³-hybridized carbons (Fsp3) is 0.750. The van der Waals surface area contributed by atoms with Crippen molar-refractivity contribution >= 4 is 30.9 Å². The number of hydrogen-bond acceptors (Lipinski definition) is 1. The molecule has 0 rings (SSSR count). The van der Waals surface area contributed by atoms with Crippen LogP contribution >= 0.6 is 22.6 Å². The third kappa shape index (κ3) is 9.70. The standard InChI is InChI=1S/C16H29IOSi/c1-6-8-9-10-13-16(12-7-2,14-11-15-17)18-19(3,4)5/h11,15H,6,8-10,13-14H2,1-5H3/b15-11+. The molecule has 3 heteroatoms. The van der Waals surface area contributed by atoms with Gasteiger partial charge in [0.05, 0.1) is 0 Å². The Morgan fingerprint density at radius 2 is 1.89 bits per heavy atom. The van der Waals surface area contributed by atoms with Crippen molar-refractivity contribution in [2.24, 2.45) is 0 Å². The van der Waals surface area contributed by atoms with E-state index in [0.29, 0.717) is 0 Å². The number of unbranched alkanes of at least 4 members (excludes halogenated alkanes) is 3. The Balaban J connectivity index is 4.85. The molecule has 0 fully saturated rings. The second kappa shape index (κ2) is 10.0. The van der Waals surface area contributed by atoms with E-state index in [4.69, 9.17) is 4.43 Å². The van der Waals surface area contributed by atoms with Crippen molar-refractivity contribution in [2.75, 3.05) is 0 Å². The van der Waals surface area contributed by atoms with Crippen LogP contribution in [0.25, 0.3) is 0 Å². The van der Waals surface area contributed by atoms with Crippen LogP contribution in [0.1, 0.15) is 52.4 Å². The molecular weight excluding hydrogens is 363 g/mol. The molecular formula is C16H29IOSi. The molecule has 0 aliphatic rings. The molecule has 0 aromatic rings. The van der Waals surface area contributed by atoms with E-state index in [0.717, 1.165) is 12.8 Å². The minimum atomic E-state index is -1.59. The summed E-state index contributed by atoms with van der Waals surface area (Å²) < 4.78 is 8.53. The van der Waals surface area contributed by atoms with E-state index >= 15 is 0 Å². The van der Waals surface area contributed by atoms with E-state index in [-0.39, 0.29) is 5.60 Å². The highest BCUT2D eigenvalue weighted by Crippen LogP contribution is 2.28. The first-order valence-electron chi connectivity index (χ1n) is 7.28. The van der Waals surface area contributed by atoms with Crippen LogP contribution in [0.15, 0.2) is 10.2 Å². The van der Waals surface area contributed by atoms with Crippen LogP contribution in [0.3, 0.4) is 0 Å². The molecule has 0 N–H and O–H groups in total. The van der Waals surface area contributed by atoms with Crippen LogP contribution in [0.4, 0.5) is 0 Å². The van der Waals surface area contributed by atoms with Gasteiger partial charge in [0.25, 0.3) is 0 Å². The summed E-state index contributed by atoms with van der Waals surface area (Å²) in [6, 6.07) is 0. The monoisotopic (exact) mass is 392 g/mol. The maximum atomic E-state index is 6.46. The smallest absolute Gasteiger partial charge is 0.185 e. The van der Waals surface area contributed by atoms with Crippen LogP contribution in [0.5, 0.6) is 0 Å². The van der Waals surface area contributed by atoms with Gasteiger partial charge in [0, 0.05) is 6.42 Å². The van der Waals surface area contributed by atoms with Gasteiger partial charge >= 0.3 is 0 Å². The van der Waals surface area contributed by atoms with Crippen molar-refractivity contribution in [1.82, 2.24) is 0 Å². The van der Waals surface area contributed by atoms with Gasteiger partial charge in [0.15, 0.2) is 8.32 Å². The van der Waals surface area contributed by atoms with Crippen molar-refractivity contribution in [3.8, 4) is 11.8 Å². The molecule has 0 aromatic carbocycles. The second-order valence-corrected chi connectivity index (χ2v) is 11.1. The molecule has 0 aliphatic heterocycles. The number of rotatable bonds is 9. The predicted molar refractivity (Wildman–Crippen MR) is 97.1 cm³/mol. The summed E-state index contributed by atoms with van der Waals surface area (Å²) in [5, 5.41) is 0. The molecule has 1 unspecified atom stereocenters. The molecule has 0 saturated carbocycles. The van der Waals surface area contributed by atoms with Gasteiger partial charge in [0.2, 0.25) is 0 Å². The van der Waals surface area contributed by atoms with E-state index in [1.54, 1.807) is 0 Å². The minimum Gasteiger partial charge on any atom is -0.401 e. The molecule has 0 radical (unpaired) electrons. The summed E-state index contributed by atoms with van der Waals surface area (Å²) in [4.78, 5) is 0. The average Bonchev–Trinajstić information content (AvgIpc) is 2.30. The van der Waals surface area contributed by atoms with Gasteiger partial charge in [0.1, 0.15) is 5.60 Å². The topological polar surface area (TPSA) is 9.23 Å². The lowest BCUT2D eigenvalue weighted by atomic mass is 9.93. The fourth-order valence-electron chi connectivity index (χ4n) is 2.22. The van der Waals surface area contributed by atoms with E-state index in [2.05, 4.69) is 71.2 Å². The number of halogens is 1. The Morgan fingerprint density at radius 3 is 2.37 bits per heavy atom. The SMILES string of the molecule is CC#CC(C/C=C/I)(CCCCCC)O[Si](C)(C)C. The molecule has 0 heterocycles. The van der Waals surface area contributed by atoms with Gasteiger partial charge < -0.3 is 4.43 Å². The molecule has 0 aliphatic carbocycles. The Kier molecular flexibility index (Phi) is 10.1. The third-order valence-electron chi connectivity index (χ3n) is 2.83. The first kappa shape index (κ1) is 19.2. The zero-order chi connectivity index (χ0) is 14.8. The van der Waals surface area contributed by atoms with Crippen molar-refractivity contribution in [3.05, 3.63) is 10.2 Å². The van der Waals surface area contributed by atoms with Crippen molar-refractivity contribution in [2.45, 2.75) is 77.6 Å². The third-order valence-corrected chi connectivity index (χ3v) is 4.34. The summed E-state index contributed by atoms with van der Waals surface area (Å²) in [7, 11) is -1.59. The molecule has 0 amide bonds.